The van der Waals surface area contributed by atoms with Crippen molar-refractivity contribution >= 4 is 17.1 Å². The van der Waals surface area contributed by atoms with Gasteiger partial charge in [0.05, 0.1) is 13.2 Å². The summed E-state index contributed by atoms with van der Waals surface area (Å²) in [7, 11) is 0. The van der Waals surface area contributed by atoms with Gasteiger partial charge in [-0.25, -0.2) is 0 Å². The second-order valence-corrected chi connectivity index (χ2v) is 8.61. The van der Waals surface area contributed by atoms with Crippen LogP contribution in [0.3, 0.4) is 0 Å². The standard InChI is InChI=1S/C22H24N2O2S/c1-2-3-15-27-23-22-21(20(25)13-14-26-22)24(27)16-17-9-11-19(12-10-17)18-7-5-4-6-8-18/h4-12H,2-3,13-16H2,1H3/p+1. The molecule has 0 amide bonds. The van der Waals surface area contributed by atoms with Gasteiger partial charge in [0.2, 0.25) is 11.3 Å². The number of ether oxygens (including phenoxy) is 1. The fourth-order valence-electron chi connectivity index (χ4n) is 3.36. The molecular weight excluding hydrogens is 356 g/mol. The van der Waals surface area contributed by atoms with E-state index < -0.39 is 0 Å². The van der Waals surface area contributed by atoms with Gasteiger partial charge in [0.1, 0.15) is 0 Å². The lowest BCUT2D eigenvalue weighted by molar-refractivity contribution is -0.118. The van der Waals surface area contributed by atoms with E-state index in [4.69, 9.17) is 4.74 Å². The van der Waals surface area contributed by atoms with Crippen LogP contribution in [0.2, 0.25) is 0 Å². The average Bonchev–Trinajstić information content (AvgIpc) is 3.06. The van der Waals surface area contributed by atoms with Crippen molar-refractivity contribution in [1.29, 1.82) is 0 Å². The van der Waals surface area contributed by atoms with Gasteiger partial charge in [-0.1, -0.05) is 67.9 Å². The van der Waals surface area contributed by atoms with Crippen molar-refractivity contribution in [3.05, 3.63) is 71.7 Å². The Morgan fingerprint density at radius 1 is 1.07 bits per heavy atom. The molecule has 2 aliphatic heterocycles. The van der Waals surface area contributed by atoms with Gasteiger partial charge in [-0.05, 0) is 23.1 Å². The minimum atomic E-state index is -0.184. The van der Waals surface area contributed by atoms with E-state index in [-0.39, 0.29) is 17.1 Å². The van der Waals surface area contributed by atoms with Crippen molar-refractivity contribution in [3.63, 3.8) is 0 Å². The molecule has 0 saturated carbocycles. The minimum Gasteiger partial charge on any atom is -0.474 e. The summed E-state index contributed by atoms with van der Waals surface area (Å²) in [6.07, 6.45) is 2.74. The van der Waals surface area contributed by atoms with Gasteiger partial charge in [0.15, 0.2) is 17.2 Å². The third-order valence-corrected chi connectivity index (χ3v) is 6.80. The van der Waals surface area contributed by atoms with Crippen LogP contribution >= 0.6 is 0 Å². The SMILES string of the molecule is CCCC[S+]1NC2=C(C(=O)CCO2)N1Cc1ccc(-c2ccccc2)cc1. The molecule has 140 valence electrons. The maximum Gasteiger partial charge on any atom is 0.263 e. The Morgan fingerprint density at radius 3 is 2.56 bits per heavy atom. The van der Waals surface area contributed by atoms with Gasteiger partial charge < -0.3 is 4.74 Å². The van der Waals surface area contributed by atoms with Crippen LogP contribution in [0.15, 0.2) is 66.2 Å². The van der Waals surface area contributed by atoms with Crippen molar-refractivity contribution in [2.24, 2.45) is 0 Å². The lowest BCUT2D eigenvalue weighted by Gasteiger charge is -2.18. The van der Waals surface area contributed by atoms with E-state index in [2.05, 4.69) is 64.5 Å². The van der Waals surface area contributed by atoms with Crippen LogP contribution in [0.4, 0.5) is 0 Å². The Kier molecular flexibility index (Phi) is 5.39. The predicted molar refractivity (Wildman–Crippen MR) is 110 cm³/mol. The molecule has 0 spiro atoms. The second kappa shape index (κ2) is 8.09. The number of ketones is 1. The number of hydrogen-bond acceptors (Lipinski definition) is 4. The molecule has 2 aliphatic rings. The molecule has 4 nitrogen and oxygen atoms in total. The number of nitrogens with one attached hydrogen (secondary N) is 1. The van der Waals surface area contributed by atoms with Crippen molar-refractivity contribution in [3.8, 4) is 11.1 Å². The molecule has 0 aromatic heterocycles. The molecular formula is C22H25N2O2S+. The van der Waals surface area contributed by atoms with Crippen LogP contribution in [0.5, 0.6) is 0 Å². The number of carbonyl (C=O) groups is 1. The third-order valence-electron chi connectivity index (χ3n) is 4.86. The van der Waals surface area contributed by atoms with Crippen LogP contribution in [0.25, 0.3) is 11.1 Å². The number of Topliss-reactive ketones (excluding diaryl/α,β-unsaturated/α-hetero) is 1. The Labute approximate surface area is 163 Å². The molecule has 4 rings (SSSR count). The van der Waals surface area contributed by atoms with E-state index in [1.165, 1.54) is 16.7 Å². The van der Waals surface area contributed by atoms with Crippen molar-refractivity contribution in [1.82, 2.24) is 9.03 Å². The maximum atomic E-state index is 12.5. The first kappa shape index (κ1) is 18.0. The maximum absolute atomic E-state index is 12.5. The van der Waals surface area contributed by atoms with E-state index >= 15 is 0 Å². The van der Waals surface area contributed by atoms with Gasteiger partial charge in [-0.3, -0.25) is 4.79 Å². The summed E-state index contributed by atoms with van der Waals surface area (Å²) < 4.78 is 11.4. The average molecular weight is 382 g/mol. The second-order valence-electron chi connectivity index (χ2n) is 6.82. The Morgan fingerprint density at radius 2 is 1.81 bits per heavy atom. The van der Waals surface area contributed by atoms with E-state index in [1.54, 1.807) is 0 Å². The van der Waals surface area contributed by atoms with Gasteiger partial charge >= 0.3 is 0 Å². The van der Waals surface area contributed by atoms with Crippen molar-refractivity contribution in [2.75, 3.05) is 12.4 Å². The Hall–Kier alpha value is -2.40. The number of allylic oxidation sites excluding steroid dienone is 1. The fraction of sp³-hybridized carbons (Fsp3) is 0.318. The molecule has 0 bridgehead atoms. The van der Waals surface area contributed by atoms with Crippen molar-refractivity contribution in [2.45, 2.75) is 32.7 Å². The third kappa shape index (κ3) is 3.83. The zero-order valence-corrected chi connectivity index (χ0v) is 16.4. The van der Waals surface area contributed by atoms with Gasteiger partial charge in [0, 0.05) is 6.42 Å². The van der Waals surface area contributed by atoms with Crippen LogP contribution in [-0.4, -0.2) is 22.4 Å². The summed E-state index contributed by atoms with van der Waals surface area (Å²) in [5, 5.41) is 0. The summed E-state index contributed by atoms with van der Waals surface area (Å²) in [5.41, 5.74) is 4.38. The highest BCUT2D eigenvalue weighted by Crippen LogP contribution is 2.31. The topological polar surface area (TPSA) is 41.6 Å². The predicted octanol–water partition coefficient (Wildman–Crippen LogP) is 4.17. The molecule has 0 aliphatic carbocycles. The highest BCUT2D eigenvalue weighted by atomic mass is 32.2. The summed E-state index contributed by atoms with van der Waals surface area (Å²) in [6.45, 7) is 3.40. The largest absolute Gasteiger partial charge is 0.474 e. The number of rotatable bonds is 6. The molecule has 2 aromatic carbocycles. The van der Waals surface area contributed by atoms with Gasteiger partial charge in [-0.15, -0.1) is 4.72 Å². The van der Waals surface area contributed by atoms with Crippen LogP contribution in [0.1, 0.15) is 31.7 Å². The zero-order valence-electron chi connectivity index (χ0n) is 15.6. The van der Waals surface area contributed by atoms with Crippen LogP contribution in [-0.2, 0) is 27.3 Å². The normalized spacial score (nSPS) is 18.9. The number of nitrogens with zero attached hydrogens (tertiary/aromatic N) is 1. The molecule has 0 radical (unpaired) electrons. The number of carbonyl (C=O) groups excluding carboxylic acids is 1. The summed E-state index contributed by atoms with van der Waals surface area (Å²) >= 11 is -0.184. The number of unbranched alkanes of at least 4 members (excludes halogenated alkanes) is 1. The van der Waals surface area contributed by atoms with E-state index in [9.17, 15) is 4.79 Å². The quantitative estimate of drug-likeness (QED) is 0.763. The molecule has 0 fully saturated rings. The Balaban J connectivity index is 1.55. The first-order valence-electron chi connectivity index (χ1n) is 9.56. The number of hydrogen-bond donors (Lipinski definition) is 1. The van der Waals surface area contributed by atoms with E-state index in [0.717, 1.165) is 30.8 Å². The molecule has 0 saturated heterocycles. The first-order chi connectivity index (χ1) is 13.3. The highest BCUT2D eigenvalue weighted by Gasteiger charge is 2.46. The molecule has 5 heteroatoms. The monoisotopic (exact) mass is 381 g/mol. The summed E-state index contributed by atoms with van der Waals surface area (Å²) in [5.74, 6) is 1.91. The first-order valence-corrected chi connectivity index (χ1v) is 10.9. The zero-order chi connectivity index (χ0) is 18.6. The lowest BCUT2D eigenvalue weighted by atomic mass is 10.0. The molecule has 1 atom stereocenters. The van der Waals surface area contributed by atoms with Crippen LogP contribution in [0, 0.1) is 0 Å². The highest BCUT2D eigenvalue weighted by molar-refractivity contribution is 7.93. The van der Waals surface area contributed by atoms with Crippen molar-refractivity contribution < 1.29 is 9.53 Å². The lowest BCUT2D eigenvalue weighted by Crippen LogP contribution is -2.35. The van der Waals surface area contributed by atoms with Gasteiger partial charge in [-0.2, -0.15) is 4.31 Å². The molecule has 1 unspecified atom stereocenters. The molecule has 2 heterocycles. The number of benzene rings is 2. The Bertz CT molecular complexity index is 833. The summed E-state index contributed by atoms with van der Waals surface area (Å²) in [4.78, 5) is 12.5. The summed E-state index contributed by atoms with van der Waals surface area (Å²) in [6, 6.07) is 19.0. The van der Waals surface area contributed by atoms with E-state index in [1.807, 2.05) is 6.07 Å². The minimum absolute atomic E-state index is 0.184. The smallest absolute Gasteiger partial charge is 0.263 e. The fourth-order valence-corrected chi connectivity index (χ4v) is 5.43. The van der Waals surface area contributed by atoms with E-state index in [0.29, 0.717) is 18.9 Å². The molecule has 27 heavy (non-hydrogen) atoms. The van der Waals surface area contributed by atoms with Crippen LogP contribution < -0.4 is 4.72 Å². The van der Waals surface area contributed by atoms with Gasteiger partial charge in [0.25, 0.3) is 5.88 Å². The molecule has 1 N–H and O–H groups in total. The molecule has 2 aromatic rings.